The summed E-state index contributed by atoms with van der Waals surface area (Å²) in [5.74, 6) is -0.946. The summed E-state index contributed by atoms with van der Waals surface area (Å²) in [6.07, 6.45) is 2.71. The van der Waals surface area contributed by atoms with Crippen molar-refractivity contribution in [2.24, 2.45) is 0 Å². The van der Waals surface area contributed by atoms with E-state index in [1.165, 1.54) is 40.8 Å². The van der Waals surface area contributed by atoms with Gasteiger partial charge in [-0.25, -0.2) is 19.0 Å². The van der Waals surface area contributed by atoms with Crippen LogP contribution in [0.15, 0.2) is 60.5 Å². The molecule has 0 aliphatic carbocycles. The van der Waals surface area contributed by atoms with Crippen LogP contribution in [0.2, 0.25) is 5.02 Å². The topological polar surface area (TPSA) is 72.7 Å². The predicted molar refractivity (Wildman–Crippen MR) is 102 cm³/mol. The fourth-order valence-corrected chi connectivity index (χ4v) is 3.33. The number of aromatic nitrogens is 4. The number of halogens is 2. The number of amides is 1. The first-order valence-electron chi connectivity index (χ1n) is 7.77. The Morgan fingerprint density at radius 2 is 2.00 bits per heavy atom. The summed E-state index contributed by atoms with van der Waals surface area (Å²) in [4.78, 5) is 20.5. The molecule has 0 aliphatic rings. The molecule has 0 spiro atoms. The average Bonchev–Trinajstić information content (AvgIpc) is 3.35. The normalized spacial score (nSPS) is 10.7. The van der Waals surface area contributed by atoms with Crippen molar-refractivity contribution < 1.29 is 9.18 Å². The van der Waals surface area contributed by atoms with E-state index in [2.05, 4.69) is 20.4 Å². The zero-order valence-corrected chi connectivity index (χ0v) is 15.2. The number of carbonyl (C=O) groups excluding carboxylic acids is 1. The van der Waals surface area contributed by atoms with E-state index in [-0.39, 0.29) is 11.4 Å². The van der Waals surface area contributed by atoms with Crippen molar-refractivity contribution in [3.8, 4) is 16.3 Å². The molecular weight excluding hydrogens is 389 g/mol. The van der Waals surface area contributed by atoms with E-state index in [1.807, 2.05) is 12.1 Å². The molecule has 1 amide bonds. The van der Waals surface area contributed by atoms with Crippen molar-refractivity contribution in [1.29, 1.82) is 0 Å². The van der Waals surface area contributed by atoms with Crippen molar-refractivity contribution in [2.45, 2.75) is 0 Å². The van der Waals surface area contributed by atoms with Gasteiger partial charge >= 0.3 is 0 Å². The summed E-state index contributed by atoms with van der Waals surface area (Å²) < 4.78 is 15.6. The van der Waals surface area contributed by atoms with Crippen molar-refractivity contribution in [2.75, 3.05) is 5.32 Å². The minimum atomic E-state index is -0.529. The maximum atomic E-state index is 14.3. The van der Waals surface area contributed by atoms with E-state index in [9.17, 15) is 9.18 Å². The lowest BCUT2D eigenvalue weighted by Crippen LogP contribution is -2.12. The van der Waals surface area contributed by atoms with Gasteiger partial charge in [-0.1, -0.05) is 23.7 Å². The molecule has 27 heavy (non-hydrogen) atoms. The summed E-state index contributed by atoms with van der Waals surface area (Å²) in [6.45, 7) is 0. The van der Waals surface area contributed by atoms with Gasteiger partial charge in [-0.05, 0) is 30.3 Å². The second-order valence-electron chi connectivity index (χ2n) is 5.51. The van der Waals surface area contributed by atoms with Gasteiger partial charge in [0, 0.05) is 21.7 Å². The Hall–Kier alpha value is -3.10. The van der Waals surface area contributed by atoms with Crippen LogP contribution in [0.5, 0.6) is 0 Å². The van der Waals surface area contributed by atoms with Crippen molar-refractivity contribution in [1.82, 2.24) is 19.7 Å². The summed E-state index contributed by atoms with van der Waals surface area (Å²) in [6, 6.07) is 11.5. The Morgan fingerprint density at radius 1 is 1.19 bits per heavy atom. The van der Waals surface area contributed by atoms with Crippen LogP contribution in [-0.2, 0) is 0 Å². The number of thiazole rings is 1. The molecule has 0 fully saturated rings. The molecule has 4 rings (SSSR count). The van der Waals surface area contributed by atoms with Gasteiger partial charge in [-0.3, -0.25) is 4.79 Å². The fraction of sp³-hybridized carbons (Fsp3) is 0. The number of anilines is 1. The fourth-order valence-electron chi connectivity index (χ4n) is 2.40. The van der Waals surface area contributed by atoms with Gasteiger partial charge in [0.15, 0.2) is 5.82 Å². The first-order valence-corrected chi connectivity index (χ1v) is 9.03. The van der Waals surface area contributed by atoms with E-state index in [0.29, 0.717) is 15.7 Å². The van der Waals surface area contributed by atoms with Gasteiger partial charge in [-0.15, -0.1) is 11.3 Å². The quantitative estimate of drug-likeness (QED) is 0.550. The molecule has 2 aromatic heterocycles. The van der Waals surface area contributed by atoms with E-state index in [1.54, 1.807) is 23.6 Å². The Morgan fingerprint density at radius 3 is 2.70 bits per heavy atom. The molecule has 0 radical (unpaired) electrons. The van der Waals surface area contributed by atoms with E-state index in [4.69, 9.17) is 11.6 Å². The van der Waals surface area contributed by atoms with Gasteiger partial charge in [0.2, 0.25) is 0 Å². The third-order valence-electron chi connectivity index (χ3n) is 3.70. The van der Waals surface area contributed by atoms with E-state index < -0.39 is 11.7 Å². The van der Waals surface area contributed by atoms with Crippen LogP contribution < -0.4 is 5.32 Å². The standard InChI is InChI=1S/C18H11ClFN5OS/c19-12-3-1-11(2-4-12)18-24-15(8-27-18)17(26)23-13-5-6-16(14(20)7-13)25-10-21-9-22-25/h1-10H,(H,23,26). The number of nitrogens with one attached hydrogen (secondary N) is 1. The molecule has 2 aromatic carbocycles. The SMILES string of the molecule is O=C(Nc1ccc(-n2cncn2)c(F)c1)c1csc(-c2ccc(Cl)cc2)n1. The zero-order valence-electron chi connectivity index (χ0n) is 13.6. The van der Waals surface area contributed by atoms with Gasteiger partial charge < -0.3 is 5.32 Å². The van der Waals surface area contributed by atoms with Crippen LogP contribution in [0.3, 0.4) is 0 Å². The lowest BCUT2D eigenvalue weighted by atomic mass is 10.2. The third-order valence-corrected chi connectivity index (χ3v) is 4.84. The molecule has 0 atom stereocenters. The molecule has 134 valence electrons. The molecule has 0 saturated carbocycles. The van der Waals surface area contributed by atoms with E-state index in [0.717, 1.165) is 5.56 Å². The second-order valence-corrected chi connectivity index (χ2v) is 6.80. The molecule has 9 heteroatoms. The first kappa shape index (κ1) is 17.3. The van der Waals surface area contributed by atoms with Crippen molar-refractivity contribution >= 4 is 34.5 Å². The van der Waals surface area contributed by atoms with Crippen LogP contribution in [0.4, 0.5) is 10.1 Å². The van der Waals surface area contributed by atoms with Gasteiger partial charge in [0.25, 0.3) is 5.91 Å². The average molecular weight is 400 g/mol. The number of benzene rings is 2. The number of carbonyl (C=O) groups is 1. The minimum absolute atomic E-state index is 0.240. The minimum Gasteiger partial charge on any atom is -0.321 e. The lowest BCUT2D eigenvalue weighted by Gasteiger charge is -2.06. The van der Waals surface area contributed by atoms with Crippen LogP contribution in [-0.4, -0.2) is 25.7 Å². The molecule has 4 aromatic rings. The molecular formula is C18H11ClFN5OS. The van der Waals surface area contributed by atoms with Crippen molar-refractivity contribution in [3.05, 3.63) is 77.0 Å². The highest BCUT2D eigenvalue weighted by molar-refractivity contribution is 7.13. The maximum absolute atomic E-state index is 14.3. The van der Waals surface area contributed by atoms with Crippen LogP contribution in [0, 0.1) is 5.82 Å². The number of hydrogen-bond acceptors (Lipinski definition) is 5. The van der Waals surface area contributed by atoms with E-state index >= 15 is 0 Å². The molecule has 1 N–H and O–H groups in total. The monoisotopic (exact) mass is 399 g/mol. The summed E-state index contributed by atoms with van der Waals surface area (Å²) >= 11 is 7.22. The van der Waals surface area contributed by atoms with Crippen LogP contribution in [0.1, 0.15) is 10.5 Å². The largest absolute Gasteiger partial charge is 0.321 e. The van der Waals surface area contributed by atoms with Crippen LogP contribution >= 0.6 is 22.9 Å². The zero-order chi connectivity index (χ0) is 18.8. The van der Waals surface area contributed by atoms with Crippen LogP contribution in [0.25, 0.3) is 16.3 Å². The van der Waals surface area contributed by atoms with Crippen molar-refractivity contribution in [3.63, 3.8) is 0 Å². The number of nitrogens with zero attached hydrogens (tertiary/aromatic N) is 4. The molecule has 0 unspecified atom stereocenters. The Bertz CT molecular complexity index is 1100. The first-order chi connectivity index (χ1) is 13.1. The number of rotatable bonds is 4. The highest BCUT2D eigenvalue weighted by Crippen LogP contribution is 2.25. The Labute approximate surface area is 162 Å². The molecule has 0 bridgehead atoms. The Kier molecular flexibility index (Phi) is 4.66. The second kappa shape index (κ2) is 7.26. The smallest absolute Gasteiger partial charge is 0.275 e. The molecule has 6 nitrogen and oxygen atoms in total. The highest BCUT2D eigenvalue weighted by Gasteiger charge is 2.14. The molecule has 0 saturated heterocycles. The molecule has 0 aliphatic heterocycles. The maximum Gasteiger partial charge on any atom is 0.275 e. The summed E-state index contributed by atoms with van der Waals surface area (Å²) in [7, 11) is 0. The molecule has 2 heterocycles. The van der Waals surface area contributed by atoms with Gasteiger partial charge in [0.05, 0.1) is 0 Å². The Balaban J connectivity index is 1.51. The van der Waals surface area contributed by atoms with Gasteiger partial charge in [-0.2, -0.15) is 5.10 Å². The number of hydrogen-bond donors (Lipinski definition) is 1. The highest BCUT2D eigenvalue weighted by atomic mass is 35.5. The lowest BCUT2D eigenvalue weighted by molar-refractivity contribution is 0.102. The van der Waals surface area contributed by atoms with Gasteiger partial charge in [0.1, 0.15) is 29.0 Å². The predicted octanol–water partition coefficient (Wildman–Crippen LogP) is 4.44. The third kappa shape index (κ3) is 3.71. The summed E-state index contributed by atoms with van der Waals surface area (Å²) in [5.41, 5.74) is 1.68. The summed E-state index contributed by atoms with van der Waals surface area (Å²) in [5, 5.41) is 9.51.